The van der Waals surface area contributed by atoms with Crippen LogP contribution in [0.2, 0.25) is 0 Å². The van der Waals surface area contributed by atoms with Gasteiger partial charge in [0.05, 0.1) is 0 Å². The van der Waals surface area contributed by atoms with Gasteiger partial charge in [0.2, 0.25) is 5.91 Å². The summed E-state index contributed by atoms with van der Waals surface area (Å²) in [5, 5.41) is 3.36. The number of nitrogens with zero attached hydrogens (tertiary/aromatic N) is 1. The normalized spacial score (nSPS) is 35.8. The van der Waals surface area contributed by atoms with Crippen molar-refractivity contribution in [2.45, 2.75) is 52.5 Å². The smallest absolute Gasteiger partial charge is 0.226 e. The van der Waals surface area contributed by atoms with Crippen LogP contribution in [0.1, 0.15) is 46.5 Å². The molecular weight excluding hydrogens is 224 g/mol. The van der Waals surface area contributed by atoms with Crippen LogP contribution < -0.4 is 5.32 Å². The third kappa shape index (κ3) is 2.56. The highest BCUT2D eigenvalue weighted by atomic mass is 16.2. The van der Waals surface area contributed by atoms with Crippen molar-refractivity contribution in [1.29, 1.82) is 0 Å². The van der Waals surface area contributed by atoms with Crippen LogP contribution in [-0.4, -0.2) is 37.0 Å². The van der Waals surface area contributed by atoms with Gasteiger partial charge in [-0.15, -0.1) is 0 Å². The van der Waals surface area contributed by atoms with E-state index in [1.54, 1.807) is 0 Å². The third-order valence-corrected chi connectivity index (χ3v) is 5.14. The van der Waals surface area contributed by atoms with E-state index >= 15 is 0 Å². The molecule has 1 aliphatic heterocycles. The summed E-state index contributed by atoms with van der Waals surface area (Å²) < 4.78 is 0. The SMILES string of the molecule is CNC1CCN(C(=O)C2CCCC2(C)C)CC1C. The van der Waals surface area contributed by atoms with Gasteiger partial charge in [0.15, 0.2) is 0 Å². The Bertz CT molecular complexity index is 314. The van der Waals surface area contributed by atoms with E-state index in [0.29, 0.717) is 17.9 Å². The average molecular weight is 252 g/mol. The summed E-state index contributed by atoms with van der Waals surface area (Å²) in [6.45, 7) is 8.62. The lowest BCUT2D eigenvalue weighted by Crippen LogP contribution is -2.51. The average Bonchev–Trinajstić information content (AvgIpc) is 2.68. The molecule has 0 aromatic carbocycles. The van der Waals surface area contributed by atoms with Crippen molar-refractivity contribution in [3.63, 3.8) is 0 Å². The molecule has 2 aliphatic rings. The van der Waals surface area contributed by atoms with E-state index in [-0.39, 0.29) is 11.3 Å². The van der Waals surface area contributed by atoms with Gasteiger partial charge >= 0.3 is 0 Å². The van der Waals surface area contributed by atoms with Crippen molar-refractivity contribution in [2.24, 2.45) is 17.3 Å². The van der Waals surface area contributed by atoms with Crippen molar-refractivity contribution in [1.82, 2.24) is 10.2 Å². The topological polar surface area (TPSA) is 32.3 Å². The number of piperidine rings is 1. The molecule has 1 saturated heterocycles. The van der Waals surface area contributed by atoms with Crippen LogP contribution in [0.25, 0.3) is 0 Å². The summed E-state index contributed by atoms with van der Waals surface area (Å²) in [6.07, 6.45) is 4.60. The quantitative estimate of drug-likeness (QED) is 0.817. The first-order valence-corrected chi connectivity index (χ1v) is 7.42. The minimum Gasteiger partial charge on any atom is -0.342 e. The standard InChI is InChI=1S/C15H28N2O/c1-11-10-17(9-7-13(11)16-4)14(18)12-6-5-8-15(12,2)3/h11-13,16H,5-10H2,1-4H3. The minimum atomic E-state index is 0.209. The predicted octanol–water partition coefficient (Wildman–Crippen LogP) is 2.27. The molecule has 1 N–H and O–H groups in total. The van der Waals surface area contributed by atoms with Crippen LogP contribution in [0.3, 0.4) is 0 Å². The Morgan fingerprint density at radius 3 is 2.56 bits per heavy atom. The summed E-state index contributed by atoms with van der Waals surface area (Å²) >= 11 is 0. The molecule has 3 nitrogen and oxygen atoms in total. The van der Waals surface area contributed by atoms with E-state index in [1.165, 1.54) is 12.8 Å². The predicted molar refractivity (Wildman–Crippen MR) is 74.3 cm³/mol. The molecule has 1 heterocycles. The van der Waals surface area contributed by atoms with Gasteiger partial charge < -0.3 is 10.2 Å². The number of carbonyl (C=O) groups is 1. The lowest BCUT2D eigenvalue weighted by molar-refractivity contribution is -0.140. The zero-order valence-electron chi connectivity index (χ0n) is 12.3. The van der Waals surface area contributed by atoms with E-state index in [0.717, 1.165) is 25.9 Å². The summed E-state index contributed by atoms with van der Waals surface area (Å²) in [6, 6.07) is 0.575. The molecule has 0 aromatic heterocycles. The molecule has 0 aromatic rings. The Hall–Kier alpha value is -0.570. The lowest BCUT2D eigenvalue weighted by Gasteiger charge is -2.39. The lowest BCUT2D eigenvalue weighted by atomic mass is 9.80. The molecule has 1 saturated carbocycles. The van der Waals surface area contributed by atoms with Gasteiger partial charge in [-0.25, -0.2) is 0 Å². The van der Waals surface area contributed by atoms with Gasteiger partial charge in [-0.2, -0.15) is 0 Å². The molecule has 104 valence electrons. The molecule has 1 aliphatic carbocycles. The first kappa shape index (κ1) is 13.9. The summed E-state index contributed by atoms with van der Waals surface area (Å²) in [5.74, 6) is 1.24. The van der Waals surface area contributed by atoms with Gasteiger partial charge in [0.1, 0.15) is 0 Å². The highest BCUT2D eigenvalue weighted by molar-refractivity contribution is 5.80. The zero-order chi connectivity index (χ0) is 13.3. The molecular formula is C15H28N2O. The van der Waals surface area contributed by atoms with Gasteiger partial charge in [-0.3, -0.25) is 4.79 Å². The van der Waals surface area contributed by atoms with Crippen molar-refractivity contribution in [2.75, 3.05) is 20.1 Å². The summed E-state index contributed by atoms with van der Waals surface area (Å²) in [4.78, 5) is 14.8. The molecule has 3 atom stereocenters. The Kier molecular flexibility index (Phi) is 4.00. The molecule has 3 unspecified atom stereocenters. The highest BCUT2D eigenvalue weighted by Gasteiger charge is 2.42. The maximum Gasteiger partial charge on any atom is 0.226 e. The fraction of sp³-hybridized carbons (Fsp3) is 0.933. The Labute approximate surface area is 111 Å². The number of nitrogens with one attached hydrogen (secondary N) is 1. The van der Waals surface area contributed by atoms with Crippen molar-refractivity contribution < 1.29 is 4.79 Å². The number of likely N-dealkylation sites (tertiary alicyclic amines) is 1. The van der Waals surface area contributed by atoms with E-state index in [1.807, 2.05) is 7.05 Å². The second-order valence-electron chi connectivity index (χ2n) is 6.88. The van der Waals surface area contributed by atoms with E-state index in [9.17, 15) is 4.79 Å². The van der Waals surface area contributed by atoms with Crippen molar-refractivity contribution in [3.05, 3.63) is 0 Å². The van der Waals surface area contributed by atoms with Crippen LogP contribution >= 0.6 is 0 Å². The number of carbonyl (C=O) groups excluding carboxylic acids is 1. The van der Waals surface area contributed by atoms with Gasteiger partial charge in [0, 0.05) is 25.0 Å². The Morgan fingerprint density at radius 2 is 2.06 bits per heavy atom. The summed E-state index contributed by atoms with van der Waals surface area (Å²) in [5.41, 5.74) is 0.209. The maximum absolute atomic E-state index is 12.7. The van der Waals surface area contributed by atoms with Crippen LogP contribution in [-0.2, 0) is 4.79 Å². The number of rotatable bonds is 2. The van der Waals surface area contributed by atoms with Crippen LogP contribution in [0.15, 0.2) is 0 Å². The second kappa shape index (κ2) is 5.20. The van der Waals surface area contributed by atoms with Gasteiger partial charge in [-0.1, -0.05) is 27.2 Å². The van der Waals surface area contributed by atoms with E-state index in [4.69, 9.17) is 0 Å². The largest absolute Gasteiger partial charge is 0.342 e. The number of hydrogen-bond acceptors (Lipinski definition) is 2. The Balaban J connectivity index is 1.98. The minimum absolute atomic E-state index is 0.209. The molecule has 1 amide bonds. The van der Waals surface area contributed by atoms with E-state index < -0.39 is 0 Å². The monoisotopic (exact) mass is 252 g/mol. The number of hydrogen-bond donors (Lipinski definition) is 1. The molecule has 3 heteroatoms. The van der Waals surface area contributed by atoms with Gasteiger partial charge in [-0.05, 0) is 37.6 Å². The molecule has 0 bridgehead atoms. The second-order valence-corrected chi connectivity index (χ2v) is 6.88. The third-order valence-electron chi connectivity index (χ3n) is 5.14. The highest BCUT2D eigenvalue weighted by Crippen LogP contribution is 2.43. The van der Waals surface area contributed by atoms with E-state index in [2.05, 4.69) is 31.0 Å². The first-order chi connectivity index (χ1) is 8.45. The van der Waals surface area contributed by atoms with Crippen molar-refractivity contribution in [3.8, 4) is 0 Å². The van der Waals surface area contributed by atoms with Crippen LogP contribution in [0, 0.1) is 17.3 Å². The number of amides is 1. The molecule has 0 radical (unpaired) electrons. The van der Waals surface area contributed by atoms with Crippen LogP contribution in [0.4, 0.5) is 0 Å². The molecule has 18 heavy (non-hydrogen) atoms. The molecule has 2 rings (SSSR count). The first-order valence-electron chi connectivity index (χ1n) is 7.42. The van der Waals surface area contributed by atoms with Crippen LogP contribution in [0.5, 0.6) is 0 Å². The summed E-state index contributed by atoms with van der Waals surface area (Å²) in [7, 11) is 2.03. The molecule has 2 fully saturated rings. The molecule has 0 spiro atoms. The maximum atomic E-state index is 12.7. The van der Waals surface area contributed by atoms with Gasteiger partial charge in [0.25, 0.3) is 0 Å². The fourth-order valence-electron chi connectivity index (χ4n) is 3.78. The Morgan fingerprint density at radius 1 is 1.33 bits per heavy atom. The van der Waals surface area contributed by atoms with Crippen molar-refractivity contribution >= 4 is 5.91 Å². The zero-order valence-corrected chi connectivity index (χ0v) is 12.3. The fourth-order valence-corrected chi connectivity index (χ4v) is 3.78.